The molecule has 1 aromatic heterocycles. The molecule has 0 atom stereocenters. The predicted octanol–water partition coefficient (Wildman–Crippen LogP) is 1.96. The fraction of sp³-hybridized carbons (Fsp3) is 0. The largest absolute Gasteiger partial charge is 0.385 e. The summed E-state index contributed by atoms with van der Waals surface area (Å²) in [5.41, 5.74) is 4.97. The Kier molecular flexibility index (Phi) is 2.76. The first-order valence-corrected chi connectivity index (χ1v) is 4.97. The van der Waals surface area contributed by atoms with Crippen molar-refractivity contribution in [2.24, 2.45) is 0 Å². The molecule has 1 aromatic carbocycles. The van der Waals surface area contributed by atoms with Gasteiger partial charge in [0.2, 0.25) is 0 Å². The summed E-state index contributed by atoms with van der Waals surface area (Å²) in [6.45, 7) is 0. The van der Waals surface area contributed by atoms with Crippen molar-refractivity contribution >= 4 is 18.0 Å². The summed E-state index contributed by atoms with van der Waals surface area (Å²) in [6.07, 6.45) is 0. The average molecular weight is 255 g/mol. The van der Waals surface area contributed by atoms with E-state index in [1.807, 2.05) is 0 Å². The smallest absolute Gasteiger partial charge is 0.261 e. The number of aromatic nitrogens is 2. The first-order chi connectivity index (χ1) is 7.97. The van der Waals surface area contributed by atoms with Gasteiger partial charge in [0.15, 0.2) is 4.77 Å². The third kappa shape index (κ3) is 2.23. The number of nitrogens with one attached hydrogen (secondary N) is 2. The van der Waals surface area contributed by atoms with Gasteiger partial charge >= 0.3 is 0 Å². The van der Waals surface area contributed by atoms with Crippen molar-refractivity contribution in [2.45, 2.75) is 0 Å². The second kappa shape index (κ2) is 4.10. The summed E-state index contributed by atoms with van der Waals surface area (Å²) in [6, 6.07) is 2.74. The highest BCUT2D eigenvalue weighted by Crippen LogP contribution is 2.21. The summed E-state index contributed by atoms with van der Waals surface area (Å²) in [5.74, 6) is -1.62. The molecule has 88 valence electrons. The first kappa shape index (κ1) is 11.5. The summed E-state index contributed by atoms with van der Waals surface area (Å²) < 4.78 is 26.1. The number of nitrogens with two attached hydrogens (primary N) is 1. The van der Waals surface area contributed by atoms with Crippen LogP contribution in [0, 0.1) is 16.4 Å². The van der Waals surface area contributed by atoms with E-state index in [9.17, 15) is 13.6 Å². The molecule has 0 saturated carbocycles. The molecule has 4 N–H and O–H groups in total. The number of rotatable bonds is 1. The lowest BCUT2D eigenvalue weighted by molar-refractivity contribution is 0.584. The van der Waals surface area contributed by atoms with Gasteiger partial charge in [-0.1, -0.05) is 0 Å². The lowest BCUT2D eigenvalue weighted by Crippen LogP contribution is -2.14. The Bertz CT molecular complexity index is 672. The molecule has 0 amide bonds. The molecule has 0 radical (unpaired) electrons. The summed E-state index contributed by atoms with van der Waals surface area (Å²) in [5, 5.41) is 0. The van der Waals surface area contributed by atoms with Gasteiger partial charge in [0.1, 0.15) is 17.5 Å². The van der Waals surface area contributed by atoms with Gasteiger partial charge in [0.05, 0.1) is 5.56 Å². The van der Waals surface area contributed by atoms with Crippen molar-refractivity contribution in [2.75, 3.05) is 5.73 Å². The predicted molar refractivity (Wildman–Crippen MR) is 62.0 cm³/mol. The van der Waals surface area contributed by atoms with Crippen LogP contribution in [0.1, 0.15) is 0 Å². The van der Waals surface area contributed by atoms with E-state index in [1.54, 1.807) is 0 Å². The molecular formula is C10H7F2N3OS. The normalized spacial score (nSPS) is 10.5. The maximum atomic E-state index is 13.0. The molecule has 0 unspecified atom stereocenters. The van der Waals surface area contributed by atoms with Crippen LogP contribution in [-0.2, 0) is 0 Å². The maximum Gasteiger partial charge on any atom is 0.261 e. The van der Waals surface area contributed by atoms with E-state index >= 15 is 0 Å². The van der Waals surface area contributed by atoms with Crippen LogP contribution in [0.25, 0.3) is 11.1 Å². The van der Waals surface area contributed by atoms with Crippen LogP contribution in [-0.4, -0.2) is 9.97 Å². The van der Waals surface area contributed by atoms with Gasteiger partial charge in [-0.05, 0) is 29.9 Å². The van der Waals surface area contributed by atoms with E-state index in [4.69, 9.17) is 18.0 Å². The van der Waals surface area contributed by atoms with E-state index in [0.29, 0.717) is 6.07 Å². The monoisotopic (exact) mass is 255 g/mol. The number of H-pyrrole nitrogens is 2. The van der Waals surface area contributed by atoms with Crippen molar-refractivity contribution in [1.82, 2.24) is 9.97 Å². The Labute approximate surface area is 99.1 Å². The quantitative estimate of drug-likeness (QED) is 0.682. The van der Waals surface area contributed by atoms with Crippen LogP contribution in [0.5, 0.6) is 0 Å². The van der Waals surface area contributed by atoms with Crippen LogP contribution < -0.4 is 11.3 Å². The van der Waals surface area contributed by atoms with Crippen LogP contribution in [0.4, 0.5) is 14.6 Å². The van der Waals surface area contributed by atoms with Gasteiger partial charge in [-0.15, -0.1) is 0 Å². The van der Waals surface area contributed by atoms with Crippen molar-refractivity contribution in [3.8, 4) is 11.1 Å². The number of aromatic amines is 2. The standard InChI is InChI=1S/C10H7F2N3OS/c11-5-1-4(2-6(12)3-5)7-8(13)14-10(17)15-9(7)16/h1-3H,(H4,13,14,15,16,17). The molecule has 2 aromatic rings. The lowest BCUT2D eigenvalue weighted by atomic mass is 10.1. The van der Waals surface area contributed by atoms with Crippen molar-refractivity contribution in [1.29, 1.82) is 0 Å². The van der Waals surface area contributed by atoms with Crippen LogP contribution in [0.2, 0.25) is 0 Å². The van der Waals surface area contributed by atoms with E-state index in [0.717, 1.165) is 12.1 Å². The number of hydrogen-bond donors (Lipinski definition) is 3. The average Bonchev–Trinajstić information content (AvgIpc) is 2.13. The van der Waals surface area contributed by atoms with Gasteiger partial charge in [-0.3, -0.25) is 9.78 Å². The Hall–Kier alpha value is -2.02. The molecule has 17 heavy (non-hydrogen) atoms. The Morgan fingerprint density at radius 2 is 1.71 bits per heavy atom. The summed E-state index contributed by atoms with van der Waals surface area (Å²) in [7, 11) is 0. The van der Waals surface area contributed by atoms with E-state index in [-0.39, 0.29) is 21.7 Å². The van der Waals surface area contributed by atoms with Gasteiger partial charge in [0, 0.05) is 6.07 Å². The Morgan fingerprint density at radius 3 is 2.24 bits per heavy atom. The molecule has 1 heterocycles. The zero-order chi connectivity index (χ0) is 12.6. The molecule has 0 saturated heterocycles. The van der Waals surface area contributed by atoms with Crippen LogP contribution in [0.3, 0.4) is 0 Å². The zero-order valence-electron chi connectivity index (χ0n) is 8.38. The Balaban J connectivity index is 2.77. The molecule has 0 spiro atoms. The maximum absolute atomic E-state index is 13.0. The molecule has 2 rings (SSSR count). The van der Waals surface area contributed by atoms with E-state index in [2.05, 4.69) is 9.97 Å². The highest BCUT2D eigenvalue weighted by molar-refractivity contribution is 7.71. The second-order valence-electron chi connectivity index (χ2n) is 3.36. The molecule has 0 aliphatic heterocycles. The first-order valence-electron chi connectivity index (χ1n) is 4.56. The number of anilines is 1. The van der Waals surface area contributed by atoms with Crippen LogP contribution in [0.15, 0.2) is 23.0 Å². The van der Waals surface area contributed by atoms with E-state index < -0.39 is 17.2 Å². The zero-order valence-corrected chi connectivity index (χ0v) is 9.20. The van der Waals surface area contributed by atoms with Crippen molar-refractivity contribution in [3.63, 3.8) is 0 Å². The molecule has 0 bridgehead atoms. The third-order valence-corrected chi connectivity index (χ3v) is 2.33. The minimum atomic E-state index is -0.791. The number of halogens is 2. The Morgan fingerprint density at radius 1 is 1.12 bits per heavy atom. The van der Waals surface area contributed by atoms with Gasteiger partial charge in [-0.2, -0.15) is 0 Å². The second-order valence-corrected chi connectivity index (χ2v) is 3.76. The topological polar surface area (TPSA) is 74.7 Å². The van der Waals surface area contributed by atoms with Crippen molar-refractivity contribution < 1.29 is 8.78 Å². The number of nitrogen functional groups attached to an aromatic ring is 1. The molecule has 0 aliphatic rings. The molecule has 0 aliphatic carbocycles. The minimum Gasteiger partial charge on any atom is -0.385 e. The fourth-order valence-corrected chi connectivity index (χ4v) is 1.69. The highest BCUT2D eigenvalue weighted by atomic mass is 32.1. The molecular weight excluding hydrogens is 248 g/mol. The van der Waals surface area contributed by atoms with E-state index in [1.165, 1.54) is 0 Å². The highest BCUT2D eigenvalue weighted by Gasteiger charge is 2.11. The fourth-order valence-electron chi connectivity index (χ4n) is 1.49. The van der Waals surface area contributed by atoms with Gasteiger partial charge < -0.3 is 10.7 Å². The van der Waals surface area contributed by atoms with Crippen molar-refractivity contribution in [3.05, 3.63) is 45.0 Å². The van der Waals surface area contributed by atoms with Gasteiger partial charge in [-0.25, -0.2) is 8.78 Å². The molecule has 7 heteroatoms. The molecule has 4 nitrogen and oxygen atoms in total. The summed E-state index contributed by atoms with van der Waals surface area (Å²) in [4.78, 5) is 16.4. The minimum absolute atomic E-state index is 0.0382. The SMILES string of the molecule is Nc1[nH]c(=S)[nH]c(=O)c1-c1cc(F)cc(F)c1. The van der Waals surface area contributed by atoms with Crippen LogP contribution >= 0.6 is 12.2 Å². The lowest BCUT2D eigenvalue weighted by Gasteiger charge is -2.04. The third-order valence-electron chi connectivity index (χ3n) is 2.12. The summed E-state index contributed by atoms with van der Waals surface area (Å²) >= 11 is 4.71. The van der Waals surface area contributed by atoms with Gasteiger partial charge in [0.25, 0.3) is 5.56 Å². The molecule has 0 fully saturated rings. The number of hydrogen-bond acceptors (Lipinski definition) is 3. The number of benzene rings is 1.